The number of rotatable bonds is 8. The van der Waals surface area contributed by atoms with Gasteiger partial charge in [-0.25, -0.2) is 9.97 Å². The lowest BCUT2D eigenvalue weighted by molar-refractivity contribution is 0.0951. The van der Waals surface area contributed by atoms with Crippen molar-refractivity contribution in [1.29, 1.82) is 0 Å². The van der Waals surface area contributed by atoms with Gasteiger partial charge in [0.2, 0.25) is 0 Å². The highest BCUT2D eigenvalue weighted by molar-refractivity contribution is 6.06. The summed E-state index contributed by atoms with van der Waals surface area (Å²) in [5.74, 6) is -0.133. The number of nitrogens with one attached hydrogen (secondary N) is 3. The summed E-state index contributed by atoms with van der Waals surface area (Å²) < 4.78 is 1.95. The molecule has 1 amide bonds. The number of nitrogens with zero attached hydrogens (tertiary/aromatic N) is 3. The Labute approximate surface area is 205 Å². The number of H-pyrrole nitrogens is 1. The Kier molecular flexibility index (Phi) is 6.81. The number of pyridine rings is 1. The van der Waals surface area contributed by atoms with Gasteiger partial charge >= 0.3 is 0 Å². The van der Waals surface area contributed by atoms with E-state index in [9.17, 15) is 4.79 Å². The van der Waals surface area contributed by atoms with Gasteiger partial charge in [-0.15, -0.1) is 0 Å². The van der Waals surface area contributed by atoms with E-state index < -0.39 is 0 Å². The average Bonchev–Trinajstić information content (AvgIpc) is 3.55. The first-order chi connectivity index (χ1) is 17.1. The predicted octanol–water partition coefficient (Wildman–Crippen LogP) is 4.31. The molecule has 0 atom stereocenters. The molecule has 1 aliphatic rings. The van der Waals surface area contributed by atoms with Crippen LogP contribution in [0, 0.1) is 0 Å². The number of carbonyl (C=O) groups is 1. The molecule has 35 heavy (non-hydrogen) atoms. The van der Waals surface area contributed by atoms with Crippen molar-refractivity contribution in [3.05, 3.63) is 72.1 Å². The number of carbonyl (C=O) groups excluding carboxylic acids is 1. The second kappa shape index (κ2) is 10.3. The maximum Gasteiger partial charge on any atom is 0.255 e. The molecule has 8 nitrogen and oxygen atoms in total. The van der Waals surface area contributed by atoms with Crippen LogP contribution in [0.5, 0.6) is 0 Å². The summed E-state index contributed by atoms with van der Waals surface area (Å²) in [6, 6.07) is 10.8. The number of nitrogens with two attached hydrogens (primary N) is 1. The van der Waals surface area contributed by atoms with Crippen molar-refractivity contribution in [2.45, 2.75) is 64.1 Å². The summed E-state index contributed by atoms with van der Waals surface area (Å²) in [5.41, 5.74) is 11.6. The third-order valence-electron chi connectivity index (χ3n) is 6.79. The van der Waals surface area contributed by atoms with Gasteiger partial charge in [0.15, 0.2) is 0 Å². The van der Waals surface area contributed by atoms with E-state index in [0.29, 0.717) is 18.2 Å². The minimum atomic E-state index is -0.133. The van der Waals surface area contributed by atoms with E-state index in [1.807, 2.05) is 35.0 Å². The molecular formula is C27H33N7O. The van der Waals surface area contributed by atoms with E-state index >= 15 is 0 Å². The third kappa shape index (κ3) is 5.22. The quantitative estimate of drug-likeness (QED) is 0.306. The molecule has 5 N–H and O–H groups in total. The average molecular weight is 472 g/mol. The molecule has 5 rings (SSSR count). The zero-order chi connectivity index (χ0) is 24.2. The fourth-order valence-electron chi connectivity index (χ4n) is 4.80. The molecule has 0 unspecified atom stereocenters. The van der Waals surface area contributed by atoms with Crippen molar-refractivity contribution in [3.8, 4) is 5.69 Å². The van der Waals surface area contributed by atoms with Crippen molar-refractivity contribution in [2.24, 2.45) is 5.73 Å². The first-order valence-corrected chi connectivity index (χ1v) is 12.5. The lowest BCUT2D eigenvalue weighted by Crippen LogP contribution is -2.33. The van der Waals surface area contributed by atoms with Gasteiger partial charge in [-0.1, -0.05) is 25.5 Å². The minimum absolute atomic E-state index is 0.133. The highest BCUT2D eigenvalue weighted by Gasteiger charge is 2.23. The lowest BCUT2D eigenvalue weighted by atomic mass is 9.91. The van der Waals surface area contributed by atoms with Crippen LogP contribution in [0.4, 0.5) is 5.69 Å². The van der Waals surface area contributed by atoms with Gasteiger partial charge < -0.3 is 25.9 Å². The number of fused-ring (bicyclic) bond motifs is 1. The highest BCUT2D eigenvalue weighted by atomic mass is 16.1. The summed E-state index contributed by atoms with van der Waals surface area (Å²) in [7, 11) is 0. The molecule has 4 aromatic rings. The molecule has 1 saturated carbocycles. The number of imidazole rings is 1. The van der Waals surface area contributed by atoms with Gasteiger partial charge in [0.1, 0.15) is 5.65 Å². The molecular weight excluding hydrogens is 438 g/mol. The predicted molar refractivity (Wildman–Crippen MR) is 139 cm³/mol. The Hall–Kier alpha value is -3.65. The van der Waals surface area contributed by atoms with Crippen molar-refractivity contribution >= 4 is 22.6 Å². The Morgan fingerprint density at radius 1 is 1.20 bits per heavy atom. The molecule has 3 heterocycles. The minimum Gasteiger partial charge on any atom is -0.381 e. The number of aromatic nitrogens is 4. The Morgan fingerprint density at radius 3 is 2.71 bits per heavy atom. The summed E-state index contributed by atoms with van der Waals surface area (Å²) in [5, 5.41) is 7.74. The normalized spacial score (nSPS) is 18.0. The molecule has 1 fully saturated rings. The van der Waals surface area contributed by atoms with Crippen molar-refractivity contribution < 1.29 is 4.79 Å². The molecule has 0 radical (unpaired) electrons. The smallest absolute Gasteiger partial charge is 0.255 e. The SMILES string of the molecule is CCCc1cc2c(N[C@H]3CC[C@H](N)CC3)c(C(=O)NCc3ccc(-n4ccnc4)cc3)cnc2[nH]1. The van der Waals surface area contributed by atoms with Crippen LogP contribution in [0.3, 0.4) is 0 Å². The third-order valence-corrected chi connectivity index (χ3v) is 6.79. The highest BCUT2D eigenvalue weighted by Crippen LogP contribution is 2.30. The second-order valence-electron chi connectivity index (χ2n) is 9.43. The zero-order valence-corrected chi connectivity index (χ0v) is 20.1. The van der Waals surface area contributed by atoms with Crippen molar-refractivity contribution in [1.82, 2.24) is 24.8 Å². The van der Waals surface area contributed by atoms with E-state index in [1.165, 1.54) is 0 Å². The molecule has 8 heteroatoms. The standard InChI is InChI=1S/C27H33N7O/c1-2-3-21-14-23-25(32-20-8-6-19(28)7-9-20)24(16-30-26(23)33-21)27(35)31-15-18-4-10-22(11-5-18)34-13-12-29-17-34/h4-5,10-14,16-17,19-20H,2-3,6-9,15,28H2,1H3,(H,31,35)(H2,30,32,33)/t19-,20-. The lowest BCUT2D eigenvalue weighted by Gasteiger charge is -2.28. The van der Waals surface area contributed by atoms with Crippen LogP contribution in [0.25, 0.3) is 16.7 Å². The topological polar surface area (TPSA) is 114 Å². The van der Waals surface area contributed by atoms with Crippen LogP contribution < -0.4 is 16.4 Å². The van der Waals surface area contributed by atoms with Crippen LogP contribution in [-0.2, 0) is 13.0 Å². The Balaban J connectivity index is 1.36. The zero-order valence-electron chi connectivity index (χ0n) is 20.1. The largest absolute Gasteiger partial charge is 0.381 e. The molecule has 0 aliphatic heterocycles. The van der Waals surface area contributed by atoms with Gasteiger partial charge in [-0.2, -0.15) is 0 Å². The number of anilines is 1. The summed E-state index contributed by atoms with van der Waals surface area (Å²) >= 11 is 0. The van der Waals surface area contributed by atoms with Crippen molar-refractivity contribution in [2.75, 3.05) is 5.32 Å². The monoisotopic (exact) mass is 471 g/mol. The molecule has 3 aromatic heterocycles. The molecule has 1 aromatic carbocycles. The number of aromatic amines is 1. The van der Waals surface area contributed by atoms with Gasteiger partial charge in [0, 0.05) is 54.0 Å². The van der Waals surface area contributed by atoms with Gasteiger partial charge in [-0.3, -0.25) is 4.79 Å². The molecule has 0 bridgehead atoms. The fourth-order valence-corrected chi connectivity index (χ4v) is 4.80. The summed E-state index contributed by atoms with van der Waals surface area (Å²) in [6.07, 6.45) is 13.1. The van der Waals surface area contributed by atoms with E-state index in [1.54, 1.807) is 18.7 Å². The number of aryl methyl sites for hydroxylation is 1. The first-order valence-electron chi connectivity index (χ1n) is 12.5. The van der Waals surface area contributed by atoms with Crippen molar-refractivity contribution in [3.63, 3.8) is 0 Å². The van der Waals surface area contributed by atoms with Gasteiger partial charge in [-0.05, 0) is 55.9 Å². The molecule has 182 valence electrons. The summed E-state index contributed by atoms with van der Waals surface area (Å²) in [6.45, 7) is 2.59. The van der Waals surface area contributed by atoms with Crippen LogP contribution in [0.15, 0.2) is 55.2 Å². The van der Waals surface area contributed by atoms with Crippen LogP contribution in [0.2, 0.25) is 0 Å². The number of hydrogen-bond acceptors (Lipinski definition) is 5. The maximum atomic E-state index is 13.3. The van der Waals surface area contributed by atoms with E-state index in [0.717, 1.165) is 72.2 Å². The Morgan fingerprint density at radius 2 is 2.00 bits per heavy atom. The molecule has 0 saturated heterocycles. The van der Waals surface area contributed by atoms with Gasteiger partial charge in [0.25, 0.3) is 5.91 Å². The van der Waals surface area contributed by atoms with Gasteiger partial charge in [0.05, 0.1) is 17.6 Å². The van der Waals surface area contributed by atoms with Crippen LogP contribution >= 0.6 is 0 Å². The van der Waals surface area contributed by atoms with Crippen LogP contribution in [0.1, 0.15) is 60.6 Å². The Bertz CT molecular complexity index is 1270. The van der Waals surface area contributed by atoms with E-state index in [4.69, 9.17) is 5.73 Å². The molecule has 1 aliphatic carbocycles. The van der Waals surface area contributed by atoms with E-state index in [2.05, 4.69) is 38.6 Å². The maximum absolute atomic E-state index is 13.3. The first kappa shape index (κ1) is 23.1. The molecule has 0 spiro atoms. The number of amides is 1. The van der Waals surface area contributed by atoms with Crippen LogP contribution in [-0.4, -0.2) is 37.5 Å². The van der Waals surface area contributed by atoms with E-state index in [-0.39, 0.29) is 11.9 Å². The second-order valence-corrected chi connectivity index (χ2v) is 9.43. The number of benzene rings is 1. The number of hydrogen-bond donors (Lipinski definition) is 4. The summed E-state index contributed by atoms with van der Waals surface area (Å²) in [4.78, 5) is 25.4. The fraction of sp³-hybridized carbons (Fsp3) is 0.370.